The quantitative estimate of drug-likeness (QED) is 0.827. The van der Waals surface area contributed by atoms with E-state index in [2.05, 4.69) is 23.1 Å². The summed E-state index contributed by atoms with van der Waals surface area (Å²) in [6.45, 7) is 4.63. The first kappa shape index (κ1) is 11.5. The second kappa shape index (κ2) is 4.94. The average molecular weight is 268 g/mol. The minimum Gasteiger partial charge on any atom is -0.379 e. The van der Waals surface area contributed by atoms with Gasteiger partial charge in [-0.2, -0.15) is 0 Å². The van der Waals surface area contributed by atoms with Crippen molar-refractivity contribution in [3.63, 3.8) is 0 Å². The van der Waals surface area contributed by atoms with Crippen molar-refractivity contribution in [2.45, 2.75) is 6.54 Å². The molecular weight excluding hydrogens is 254 g/mol. The van der Waals surface area contributed by atoms with Crippen LogP contribution in [-0.2, 0) is 11.3 Å². The average Bonchev–Trinajstić information content (AvgIpc) is 2.68. The molecule has 0 N–H and O–H groups in total. The number of benzene rings is 1. The molecule has 2 heterocycles. The van der Waals surface area contributed by atoms with Crippen molar-refractivity contribution in [2.75, 3.05) is 26.3 Å². The van der Waals surface area contributed by atoms with E-state index in [1.165, 1.54) is 15.0 Å². The van der Waals surface area contributed by atoms with Crippen LogP contribution in [0.15, 0.2) is 24.3 Å². The van der Waals surface area contributed by atoms with E-state index >= 15 is 0 Å². The maximum Gasteiger partial charge on any atom is 0.0637 e. The number of ether oxygens (including phenoxy) is 1. The highest BCUT2D eigenvalue weighted by Crippen LogP contribution is 2.35. The molecule has 1 aliphatic rings. The summed E-state index contributed by atoms with van der Waals surface area (Å²) in [4.78, 5) is 3.68. The van der Waals surface area contributed by atoms with Crippen LogP contribution in [0.4, 0.5) is 0 Å². The largest absolute Gasteiger partial charge is 0.379 e. The van der Waals surface area contributed by atoms with E-state index in [1.807, 2.05) is 6.07 Å². The Balaban J connectivity index is 1.87. The summed E-state index contributed by atoms with van der Waals surface area (Å²) in [7, 11) is 0. The molecule has 0 unspecified atom stereocenters. The molecule has 4 heteroatoms. The Hall–Kier alpha value is -0.610. The number of thiophene rings is 1. The van der Waals surface area contributed by atoms with Crippen LogP contribution in [0.25, 0.3) is 10.1 Å². The molecule has 0 bridgehead atoms. The summed E-state index contributed by atoms with van der Waals surface area (Å²) >= 11 is 8.23. The van der Waals surface area contributed by atoms with Crippen LogP contribution in [0.3, 0.4) is 0 Å². The van der Waals surface area contributed by atoms with Crippen LogP contribution in [0.1, 0.15) is 4.88 Å². The van der Waals surface area contributed by atoms with Gasteiger partial charge < -0.3 is 4.74 Å². The molecule has 0 spiro atoms. The number of fused-ring (bicyclic) bond motifs is 1. The third-order valence-electron chi connectivity index (χ3n) is 3.07. The lowest BCUT2D eigenvalue weighted by Crippen LogP contribution is -2.35. The smallest absolute Gasteiger partial charge is 0.0637 e. The first-order chi connectivity index (χ1) is 8.34. The minimum atomic E-state index is 0.836. The maximum atomic E-state index is 6.43. The molecule has 1 aromatic heterocycles. The molecule has 2 aromatic rings. The van der Waals surface area contributed by atoms with E-state index in [0.29, 0.717) is 0 Å². The van der Waals surface area contributed by atoms with Gasteiger partial charge >= 0.3 is 0 Å². The predicted molar refractivity (Wildman–Crippen MR) is 72.9 cm³/mol. The summed E-state index contributed by atoms with van der Waals surface area (Å²) in [5, 5.41) is 2.11. The number of rotatable bonds is 2. The summed E-state index contributed by atoms with van der Waals surface area (Å²) in [6.07, 6.45) is 0. The molecule has 0 saturated carbocycles. The molecule has 3 rings (SSSR count). The summed E-state index contributed by atoms with van der Waals surface area (Å²) < 4.78 is 6.63. The second-order valence-electron chi connectivity index (χ2n) is 4.22. The Morgan fingerprint density at radius 3 is 2.76 bits per heavy atom. The Kier molecular flexibility index (Phi) is 3.34. The van der Waals surface area contributed by atoms with Crippen LogP contribution < -0.4 is 0 Å². The molecule has 1 saturated heterocycles. The molecule has 0 radical (unpaired) electrons. The van der Waals surface area contributed by atoms with Crippen molar-refractivity contribution in [3.05, 3.63) is 34.2 Å². The first-order valence-electron chi connectivity index (χ1n) is 5.80. The molecule has 0 atom stereocenters. The zero-order valence-corrected chi connectivity index (χ0v) is 11.1. The van der Waals surface area contributed by atoms with Gasteiger partial charge in [-0.3, -0.25) is 4.90 Å². The third-order valence-corrected chi connectivity index (χ3v) is 4.77. The molecule has 0 aliphatic carbocycles. The lowest BCUT2D eigenvalue weighted by Gasteiger charge is -2.26. The Morgan fingerprint density at radius 2 is 2.00 bits per heavy atom. The fraction of sp³-hybridized carbons (Fsp3) is 0.385. The van der Waals surface area contributed by atoms with E-state index in [4.69, 9.17) is 16.3 Å². The molecule has 90 valence electrons. The summed E-state index contributed by atoms with van der Waals surface area (Å²) in [5.41, 5.74) is 0. The highest BCUT2D eigenvalue weighted by Gasteiger charge is 2.15. The van der Waals surface area contributed by atoms with Crippen molar-refractivity contribution in [1.29, 1.82) is 0 Å². The number of halogens is 1. The lowest BCUT2D eigenvalue weighted by atomic mass is 10.2. The third kappa shape index (κ3) is 2.33. The molecule has 0 amide bonds. The van der Waals surface area contributed by atoms with Gasteiger partial charge in [-0.05, 0) is 6.07 Å². The Bertz CT molecular complexity index is 519. The molecule has 2 nitrogen and oxygen atoms in total. The molecule has 1 fully saturated rings. The van der Waals surface area contributed by atoms with Gasteiger partial charge in [0, 0.05) is 34.6 Å². The van der Waals surface area contributed by atoms with Gasteiger partial charge in [-0.25, -0.2) is 0 Å². The van der Waals surface area contributed by atoms with Crippen LogP contribution in [0.2, 0.25) is 5.02 Å². The SMILES string of the molecule is Clc1c(CN2CCOCC2)sc2ccccc12. The highest BCUT2D eigenvalue weighted by atomic mass is 35.5. The van der Waals surface area contributed by atoms with Gasteiger partial charge in [0.05, 0.1) is 18.2 Å². The molecular formula is C13H14ClNOS. The Labute approximate surface area is 110 Å². The normalized spacial score (nSPS) is 17.7. The lowest BCUT2D eigenvalue weighted by molar-refractivity contribution is 0.0346. The Morgan fingerprint density at radius 1 is 1.24 bits per heavy atom. The predicted octanol–water partition coefficient (Wildman–Crippen LogP) is 3.39. The van der Waals surface area contributed by atoms with Crippen molar-refractivity contribution in [3.8, 4) is 0 Å². The highest BCUT2D eigenvalue weighted by molar-refractivity contribution is 7.19. The molecule has 1 aromatic carbocycles. The van der Waals surface area contributed by atoms with E-state index in [1.54, 1.807) is 11.3 Å². The number of hydrogen-bond donors (Lipinski definition) is 0. The number of morpholine rings is 1. The second-order valence-corrected chi connectivity index (χ2v) is 5.74. The van der Waals surface area contributed by atoms with Crippen molar-refractivity contribution in [1.82, 2.24) is 4.90 Å². The van der Waals surface area contributed by atoms with Gasteiger partial charge in [-0.1, -0.05) is 29.8 Å². The van der Waals surface area contributed by atoms with E-state index in [0.717, 1.165) is 37.9 Å². The van der Waals surface area contributed by atoms with Crippen LogP contribution in [0.5, 0.6) is 0 Å². The molecule has 17 heavy (non-hydrogen) atoms. The zero-order valence-electron chi connectivity index (χ0n) is 9.49. The van der Waals surface area contributed by atoms with Crippen molar-refractivity contribution in [2.24, 2.45) is 0 Å². The van der Waals surface area contributed by atoms with Gasteiger partial charge in [0.25, 0.3) is 0 Å². The van der Waals surface area contributed by atoms with Gasteiger partial charge in [0.1, 0.15) is 0 Å². The molecule has 1 aliphatic heterocycles. The maximum absolute atomic E-state index is 6.43. The van der Waals surface area contributed by atoms with Gasteiger partial charge in [-0.15, -0.1) is 11.3 Å². The van der Waals surface area contributed by atoms with E-state index in [9.17, 15) is 0 Å². The summed E-state index contributed by atoms with van der Waals surface area (Å²) in [5.74, 6) is 0. The van der Waals surface area contributed by atoms with E-state index in [-0.39, 0.29) is 0 Å². The fourth-order valence-corrected chi connectivity index (χ4v) is 3.66. The van der Waals surface area contributed by atoms with Crippen molar-refractivity contribution >= 4 is 33.0 Å². The first-order valence-corrected chi connectivity index (χ1v) is 7.00. The van der Waals surface area contributed by atoms with Gasteiger partial charge in [0.15, 0.2) is 0 Å². The van der Waals surface area contributed by atoms with E-state index < -0.39 is 0 Å². The van der Waals surface area contributed by atoms with Crippen LogP contribution >= 0.6 is 22.9 Å². The summed E-state index contributed by atoms with van der Waals surface area (Å²) in [6, 6.07) is 8.33. The fourth-order valence-electron chi connectivity index (χ4n) is 2.13. The van der Waals surface area contributed by atoms with Crippen LogP contribution in [-0.4, -0.2) is 31.2 Å². The number of hydrogen-bond acceptors (Lipinski definition) is 3. The standard InChI is InChI=1S/C13H14ClNOS/c14-13-10-3-1-2-4-11(10)17-12(13)9-15-5-7-16-8-6-15/h1-4H,5-9H2. The monoisotopic (exact) mass is 267 g/mol. The topological polar surface area (TPSA) is 12.5 Å². The number of nitrogens with zero attached hydrogens (tertiary/aromatic N) is 1. The minimum absolute atomic E-state index is 0.836. The van der Waals surface area contributed by atoms with Crippen LogP contribution in [0, 0.1) is 0 Å². The van der Waals surface area contributed by atoms with Gasteiger partial charge in [0.2, 0.25) is 0 Å². The van der Waals surface area contributed by atoms with Crippen molar-refractivity contribution < 1.29 is 4.74 Å². The zero-order chi connectivity index (χ0) is 11.7.